The second-order valence-electron chi connectivity index (χ2n) is 4.20. The van der Waals surface area contributed by atoms with Crippen molar-refractivity contribution in [2.45, 2.75) is 32.7 Å². The molecule has 0 aliphatic heterocycles. The first-order valence-electron chi connectivity index (χ1n) is 6.41. The number of rotatable bonds is 7. The van der Waals surface area contributed by atoms with Gasteiger partial charge in [-0.15, -0.1) is 0 Å². The van der Waals surface area contributed by atoms with Crippen molar-refractivity contribution >= 4 is 23.5 Å². The average Bonchev–Trinajstić information content (AvgIpc) is 2.39. The number of hydrogen-bond donors (Lipinski definition) is 2. The highest BCUT2D eigenvalue weighted by molar-refractivity contribution is 6.32. The molecule has 0 radical (unpaired) electrons. The van der Waals surface area contributed by atoms with E-state index in [1.54, 1.807) is 25.1 Å². The molecule has 2 N–H and O–H groups in total. The second-order valence-corrected chi connectivity index (χ2v) is 4.61. The van der Waals surface area contributed by atoms with Crippen LogP contribution in [-0.4, -0.2) is 29.6 Å². The summed E-state index contributed by atoms with van der Waals surface area (Å²) in [6.07, 6.45) is 0.356. The third-order valence-electron chi connectivity index (χ3n) is 2.73. The minimum atomic E-state index is -1.04. The van der Waals surface area contributed by atoms with Crippen LogP contribution in [0.3, 0.4) is 0 Å². The standard InChI is InChI=1S/C14H18ClNO4/c1-3-11(14(18)19)16-12(17)8-9-6-5-7-10(15)13(9)20-4-2/h5-7,11H,3-4,8H2,1-2H3,(H,16,17)(H,18,19). The van der Waals surface area contributed by atoms with E-state index in [9.17, 15) is 9.59 Å². The predicted octanol–water partition coefficient (Wildman–Crippen LogP) is 2.26. The first-order chi connectivity index (χ1) is 9.49. The normalized spacial score (nSPS) is 11.8. The van der Waals surface area contributed by atoms with Crippen molar-refractivity contribution < 1.29 is 19.4 Å². The molecule has 1 amide bonds. The summed E-state index contributed by atoms with van der Waals surface area (Å²) < 4.78 is 5.42. The number of benzene rings is 1. The van der Waals surface area contributed by atoms with Crippen molar-refractivity contribution in [1.29, 1.82) is 0 Å². The molecule has 20 heavy (non-hydrogen) atoms. The summed E-state index contributed by atoms with van der Waals surface area (Å²) >= 11 is 6.02. The van der Waals surface area contributed by atoms with Crippen LogP contribution in [0.25, 0.3) is 0 Å². The highest BCUT2D eigenvalue weighted by Gasteiger charge is 2.19. The first-order valence-corrected chi connectivity index (χ1v) is 6.79. The molecule has 0 aliphatic rings. The third kappa shape index (κ3) is 4.42. The van der Waals surface area contributed by atoms with Gasteiger partial charge in [0.25, 0.3) is 0 Å². The Balaban J connectivity index is 2.80. The van der Waals surface area contributed by atoms with Gasteiger partial charge in [0.05, 0.1) is 18.1 Å². The fourth-order valence-electron chi connectivity index (χ4n) is 1.76. The molecule has 0 heterocycles. The molecule has 1 rings (SSSR count). The molecule has 5 nitrogen and oxygen atoms in total. The van der Waals surface area contributed by atoms with E-state index in [2.05, 4.69) is 5.32 Å². The van der Waals surface area contributed by atoms with Crippen LogP contribution in [0, 0.1) is 0 Å². The lowest BCUT2D eigenvalue weighted by atomic mass is 10.1. The van der Waals surface area contributed by atoms with Crippen molar-refractivity contribution in [2.75, 3.05) is 6.61 Å². The van der Waals surface area contributed by atoms with Gasteiger partial charge in [0.15, 0.2) is 0 Å². The van der Waals surface area contributed by atoms with Crippen molar-refractivity contribution in [3.8, 4) is 5.75 Å². The van der Waals surface area contributed by atoms with Gasteiger partial charge in [0, 0.05) is 5.56 Å². The van der Waals surface area contributed by atoms with Gasteiger partial charge in [-0.25, -0.2) is 4.79 Å². The molecule has 0 aromatic heterocycles. The largest absolute Gasteiger partial charge is 0.492 e. The molecule has 110 valence electrons. The Morgan fingerprint density at radius 1 is 1.40 bits per heavy atom. The molecule has 0 aliphatic carbocycles. The fourth-order valence-corrected chi connectivity index (χ4v) is 2.00. The number of amides is 1. The van der Waals surface area contributed by atoms with E-state index in [4.69, 9.17) is 21.4 Å². The summed E-state index contributed by atoms with van der Waals surface area (Å²) in [4.78, 5) is 22.8. The Morgan fingerprint density at radius 2 is 2.10 bits per heavy atom. The Bertz CT molecular complexity index is 490. The topological polar surface area (TPSA) is 75.6 Å². The number of carboxylic acids is 1. The molecule has 1 aromatic rings. The van der Waals surface area contributed by atoms with Crippen LogP contribution in [0.1, 0.15) is 25.8 Å². The SMILES string of the molecule is CCOc1c(Cl)cccc1CC(=O)NC(CC)C(=O)O. The summed E-state index contributed by atoms with van der Waals surface area (Å²) in [7, 11) is 0. The van der Waals surface area contributed by atoms with Gasteiger partial charge in [-0.05, 0) is 19.4 Å². The third-order valence-corrected chi connectivity index (χ3v) is 3.03. The van der Waals surface area contributed by atoms with E-state index < -0.39 is 12.0 Å². The lowest BCUT2D eigenvalue weighted by Crippen LogP contribution is -2.41. The maximum atomic E-state index is 11.9. The van der Waals surface area contributed by atoms with Crippen LogP contribution in [-0.2, 0) is 16.0 Å². The quantitative estimate of drug-likeness (QED) is 0.810. The number of carboxylic acid groups (broad SMARTS) is 1. The van der Waals surface area contributed by atoms with Crippen molar-refractivity contribution in [3.05, 3.63) is 28.8 Å². The molecule has 0 fully saturated rings. The Hall–Kier alpha value is -1.75. The average molecular weight is 300 g/mol. The number of para-hydroxylation sites is 1. The summed E-state index contributed by atoms with van der Waals surface area (Å²) in [5.74, 6) is -0.949. The summed E-state index contributed by atoms with van der Waals surface area (Å²) in [6, 6.07) is 4.26. The maximum absolute atomic E-state index is 11.9. The molecule has 6 heteroatoms. The zero-order valence-corrected chi connectivity index (χ0v) is 12.2. The van der Waals surface area contributed by atoms with Gasteiger partial charge in [-0.3, -0.25) is 4.79 Å². The summed E-state index contributed by atoms with van der Waals surface area (Å²) in [5, 5.41) is 11.8. The van der Waals surface area contributed by atoms with Crippen molar-refractivity contribution in [2.24, 2.45) is 0 Å². The van der Waals surface area contributed by atoms with Crippen LogP contribution >= 0.6 is 11.6 Å². The number of nitrogens with one attached hydrogen (secondary N) is 1. The molecular weight excluding hydrogens is 282 g/mol. The van der Waals surface area contributed by atoms with Gasteiger partial charge < -0.3 is 15.2 Å². The summed E-state index contributed by atoms with van der Waals surface area (Å²) in [6.45, 7) is 3.96. The van der Waals surface area contributed by atoms with Gasteiger partial charge in [0.2, 0.25) is 5.91 Å². The van der Waals surface area contributed by atoms with E-state index in [1.165, 1.54) is 0 Å². The minimum absolute atomic E-state index is 0.0275. The van der Waals surface area contributed by atoms with E-state index in [0.29, 0.717) is 29.4 Å². The van der Waals surface area contributed by atoms with Crippen molar-refractivity contribution in [1.82, 2.24) is 5.32 Å². The van der Waals surface area contributed by atoms with Crippen LogP contribution < -0.4 is 10.1 Å². The van der Waals surface area contributed by atoms with Crippen LogP contribution in [0.15, 0.2) is 18.2 Å². The summed E-state index contributed by atoms with van der Waals surface area (Å²) in [5.41, 5.74) is 0.636. The fraction of sp³-hybridized carbons (Fsp3) is 0.429. The molecule has 0 saturated carbocycles. The Kier molecular flexibility index (Phi) is 6.31. The smallest absolute Gasteiger partial charge is 0.326 e. The number of carbonyl (C=O) groups is 2. The van der Waals surface area contributed by atoms with Gasteiger partial charge in [-0.1, -0.05) is 30.7 Å². The van der Waals surface area contributed by atoms with Gasteiger partial charge in [-0.2, -0.15) is 0 Å². The monoisotopic (exact) mass is 299 g/mol. The number of ether oxygens (including phenoxy) is 1. The molecule has 0 spiro atoms. The van der Waals surface area contributed by atoms with Crippen LogP contribution in [0.2, 0.25) is 5.02 Å². The molecule has 1 atom stereocenters. The number of hydrogen-bond acceptors (Lipinski definition) is 3. The Labute approximate surface area is 122 Å². The number of aliphatic carboxylic acids is 1. The molecule has 1 aromatic carbocycles. The lowest BCUT2D eigenvalue weighted by molar-refractivity contribution is -0.141. The molecule has 1 unspecified atom stereocenters. The van der Waals surface area contributed by atoms with E-state index in [-0.39, 0.29) is 12.3 Å². The molecule has 0 saturated heterocycles. The van der Waals surface area contributed by atoms with Crippen LogP contribution in [0.5, 0.6) is 5.75 Å². The number of carbonyl (C=O) groups excluding carboxylic acids is 1. The molecular formula is C14H18ClNO4. The highest BCUT2D eigenvalue weighted by atomic mass is 35.5. The van der Waals surface area contributed by atoms with Gasteiger partial charge in [0.1, 0.15) is 11.8 Å². The zero-order chi connectivity index (χ0) is 15.1. The highest BCUT2D eigenvalue weighted by Crippen LogP contribution is 2.29. The van der Waals surface area contributed by atoms with E-state index >= 15 is 0 Å². The van der Waals surface area contributed by atoms with Gasteiger partial charge >= 0.3 is 5.97 Å². The zero-order valence-electron chi connectivity index (χ0n) is 11.5. The first kappa shape index (κ1) is 16.3. The van der Waals surface area contributed by atoms with Crippen LogP contribution in [0.4, 0.5) is 0 Å². The Morgan fingerprint density at radius 3 is 2.65 bits per heavy atom. The van der Waals surface area contributed by atoms with E-state index in [0.717, 1.165) is 0 Å². The minimum Gasteiger partial charge on any atom is -0.492 e. The predicted molar refractivity (Wildman–Crippen MR) is 76.2 cm³/mol. The van der Waals surface area contributed by atoms with E-state index in [1.807, 2.05) is 6.92 Å². The maximum Gasteiger partial charge on any atom is 0.326 e. The number of halogens is 1. The lowest BCUT2D eigenvalue weighted by Gasteiger charge is -2.14. The molecule has 0 bridgehead atoms. The van der Waals surface area contributed by atoms with Crippen molar-refractivity contribution in [3.63, 3.8) is 0 Å². The second kappa shape index (κ2) is 7.75.